The summed E-state index contributed by atoms with van der Waals surface area (Å²) in [5.41, 5.74) is 0. The minimum atomic E-state index is -0.480. The highest BCUT2D eigenvalue weighted by atomic mass is 16.2. The molecule has 0 saturated heterocycles. The second kappa shape index (κ2) is 6.16. The molecule has 0 aromatic heterocycles. The number of carbonyl (C=O) groups is 3. The van der Waals surface area contributed by atoms with E-state index in [-0.39, 0.29) is 30.1 Å². The molecular formula is C10H18N2O3. The number of hydrogen-bond donors (Lipinski definition) is 2. The smallest absolute Gasteiger partial charge is 0.239 e. The summed E-state index contributed by atoms with van der Waals surface area (Å²) in [4.78, 5) is 33.0. The monoisotopic (exact) mass is 214 g/mol. The molecule has 0 fully saturated rings. The number of carbonyl (C=O) groups excluding carboxylic acids is 3. The average molecular weight is 214 g/mol. The number of nitrogens with one attached hydrogen (secondary N) is 2. The summed E-state index contributed by atoms with van der Waals surface area (Å²) in [6, 6.07) is -0.480. The summed E-state index contributed by atoms with van der Waals surface area (Å²) < 4.78 is 0. The van der Waals surface area contributed by atoms with E-state index >= 15 is 0 Å². The fourth-order valence-electron chi connectivity index (χ4n) is 1.17. The van der Waals surface area contributed by atoms with Crippen LogP contribution in [-0.4, -0.2) is 30.2 Å². The highest BCUT2D eigenvalue weighted by molar-refractivity contribution is 5.89. The lowest BCUT2D eigenvalue weighted by Crippen LogP contribution is -2.47. The second-order valence-corrected chi connectivity index (χ2v) is 3.81. The van der Waals surface area contributed by atoms with E-state index in [1.807, 2.05) is 13.8 Å². The molecule has 0 aromatic carbocycles. The first-order valence-electron chi connectivity index (χ1n) is 4.88. The first-order chi connectivity index (χ1) is 6.84. The maximum absolute atomic E-state index is 11.3. The molecule has 0 radical (unpaired) electrons. The highest BCUT2D eigenvalue weighted by Gasteiger charge is 2.20. The lowest BCUT2D eigenvalue weighted by atomic mass is 10.0. The molecule has 2 N–H and O–H groups in total. The van der Waals surface area contributed by atoms with Crippen molar-refractivity contribution in [3.63, 3.8) is 0 Å². The van der Waals surface area contributed by atoms with Crippen molar-refractivity contribution in [3.05, 3.63) is 0 Å². The Kier molecular flexibility index (Phi) is 5.59. The maximum atomic E-state index is 11.3. The van der Waals surface area contributed by atoms with Crippen LogP contribution in [0.15, 0.2) is 0 Å². The average Bonchev–Trinajstić information content (AvgIpc) is 2.09. The van der Waals surface area contributed by atoms with Crippen molar-refractivity contribution in [1.82, 2.24) is 10.6 Å². The Morgan fingerprint density at radius 1 is 1.13 bits per heavy atom. The molecule has 5 heteroatoms. The maximum Gasteiger partial charge on any atom is 0.239 e. The topological polar surface area (TPSA) is 75.3 Å². The van der Waals surface area contributed by atoms with E-state index in [0.29, 0.717) is 0 Å². The third kappa shape index (κ3) is 5.83. The molecule has 0 aromatic rings. The van der Waals surface area contributed by atoms with Crippen molar-refractivity contribution in [3.8, 4) is 0 Å². The molecular weight excluding hydrogens is 196 g/mol. The van der Waals surface area contributed by atoms with Crippen LogP contribution in [-0.2, 0) is 14.4 Å². The van der Waals surface area contributed by atoms with Crippen LogP contribution in [0.4, 0.5) is 0 Å². The van der Waals surface area contributed by atoms with E-state index in [1.165, 1.54) is 13.8 Å². The zero-order valence-corrected chi connectivity index (χ0v) is 9.59. The van der Waals surface area contributed by atoms with Crippen LogP contribution in [0.5, 0.6) is 0 Å². The summed E-state index contributed by atoms with van der Waals surface area (Å²) in [5.74, 6) is -0.655. The second-order valence-electron chi connectivity index (χ2n) is 3.81. The van der Waals surface area contributed by atoms with Gasteiger partial charge in [-0.05, 0) is 12.8 Å². The van der Waals surface area contributed by atoms with Gasteiger partial charge < -0.3 is 10.6 Å². The molecule has 0 rings (SSSR count). The minimum absolute atomic E-state index is 0.0452. The zero-order valence-electron chi connectivity index (χ0n) is 9.59. The van der Waals surface area contributed by atoms with Crippen molar-refractivity contribution >= 4 is 17.6 Å². The molecule has 1 atom stereocenters. The summed E-state index contributed by atoms with van der Waals surface area (Å²) in [6.45, 7) is 6.38. The van der Waals surface area contributed by atoms with Crippen molar-refractivity contribution in [2.75, 3.05) is 6.54 Å². The van der Waals surface area contributed by atoms with E-state index in [2.05, 4.69) is 10.6 Å². The Hall–Kier alpha value is -1.39. The van der Waals surface area contributed by atoms with Gasteiger partial charge in [-0.2, -0.15) is 0 Å². The van der Waals surface area contributed by atoms with Crippen LogP contribution < -0.4 is 10.6 Å². The summed E-state index contributed by atoms with van der Waals surface area (Å²) in [7, 11) is 0. The van der Waals surface area contributed by atoms with Crippen LogP contribution in [0.25, 0.3) is 0 Å². The van der Waals surface area contributed by atoms with Gasteiger partial charge in [0.1, 0.15) is 0 Å². The van der Waals surface area contributed by atoms with Crippen LogP contribution in [0.1, 0.15) is 27.7 Å². The van der Waals surface area contributed by atoms with Crippen molar-refractivity contribution in [1.29, 1.82) is 0 Å². The SMILES string of the molecule is CC(=O)NCC(=O)N[C@H](C(C)=O)C(C)C. The fourth-order valence-corrected chi connectivity index (χ4v) is 1.17. The number of Topliss-reactive ketones (excluding diaryl/α,β-unsaturated/α-hetero) is 1. The third-order valence-electron chi connectivity index (χ3n) is 1.92. The van der Waals surface area contributed by atoms with E-state index < -0.39 is 6.04 Å². The van der Waals surface area contributed by atoms with Gasteiger partial charge in [-0.25, -0.2) is 0 Å². The Labute approximate surface area is 89.6 Å². The van der Waals surface area contributed by atoms with Gasteiger partial charge in [0.05, 0.1) is 12.6 Å². The zero-order chi connectivity index (χ0) is 12.0. The van der Waals surface area contributed by atoms with E-state index in [0.717, 1.165) is 0 Å². The normalized spacial score (nSPS) is 12.1. The molecule has 0 bridgehead atoms. The van der Waals surface area contributed by atoms with E-state index in [4.69, 9.17) is 0 Å². The quantitative estimate of drug-likeness (QED) is 0.668. The van der Waals surface area contributed by atoms with Gasteiger partial charge in [0.2, 0.25) is 11.8 Å². The molecule has 0 unspecified atom stereocenters. The van der Waals surface area contributed by atoms with Crippen LogP contribution >= 0.6 is 0 Å². The number of amides is 2. The summed E-state index contributed by atoms with van der Waals surface area (Å²) >= 11 is 0. The molecule has 86 valence electrons. The van der Waals surface area contributed by atoms with Gasteiger partial charge in [-0.3, -0.25) is 14.4 Å². The van der Waals surface area contributed by atoms with Crippen LogP contribution in [0.3, 0.4) is 0 Å². The van der Waals surface area contributed by atoms with Gasteiger partial charge in [-0.1, -0.05) is 13.8 Å². The molecule has 0 heterocycles. The fraction of sp³-hybridized carbons (Fsp3) is 0.700. The van der Waals surface area contributed by atoms with Gasteiger partial charge in [0.25, 0.3) is 0 Å². The molecule has 0 saturated carbocycles. The minimum Gasteiger partial charge on any atom is -0.347 e. The predicted molar refractivity (Wildman–Crippen MR) is 56.1 cm³/mol. The molecule has 2 amide bonds. The van der Waals surface area contributed by atoms with Gasteiger partial charge in [0, 0.05) is 6.92 Å². The largest absolute Gasteiger partial charge is 0.347 e. The number of rotatable bonds is 5. The lowest BCUT2D eigenvalue weighted by molar-refractivity contribution is -0.128. The van der Waals surface area contributed by atoms with Gasteiger partial charge in [-0.15, -0.1) is 0 Å². The van der Waals surface area contributed by atoms with Crippen LogP contribution in [0.2, 0.25) is 0 Å². The third-order valence-corrected chi connectivity index (χ3v) is 1.92. The lowest BCUT2D eigenvalue weighted by Gasteiger charge is -2.19. The predicted octanol–water partition coefficient (Wildman–Crippen LogP) is -0.148. The molecule has 0 aliphatic heterocycles. The standard InChI is InChI=1S/C10H18N2O3/c1-6(2)10(7(3)13)12-9(15)5-11-8(4)14/h6,10H,5H2,1-4H3,(H,11,14)(H,12,15)/t10-/m0/s1. The Balaban J connectivity index is 4.12. The molecule has 0 aliphatic rings. The Bertz CT molecular complexity index is 261. The number of ketones is 1. The number of hydrogen-bond acceptors (Lipinski definition) is 3. The highest BCUT2D eigenvalue weighted by Crippen LogP contribution is 2.02. The molecule has 15 heavy (non-hydrogen) atoms. The Morgan fingerprint density at radius 2 is 1.67 bits per heavy atom. The first kappa shape index (κ1) is 13.6. The Morgan fingerprint density at radius 3 is 2.00 bits per heavy atom. The van der Waals surface area contributed by atoms with Gasteiger partial charge in [0.15, 0.2) is 5.78 Å². The summed E-state index contributed by atoms with van der Waals surface area (Å²) in [5, 5.41) is 4.93. The molecule has 5 nitrogen and oxygen atoms in total. The van der Waals surface area contributed by atoms with E-state index in [1.54, 1.807) is 0 Å². The summed E-state index contributed by atoms with van der Waals surface area (Å²) in [6.07, 6.45) is 0. The molecule has 0 spiro atoms. The van der Waals surface area contributed by atoms with Crippen LogP contribution in [0, 0.1) is 5.92 Å². The van der Waals surface area contributed by atoms with Crippen molar-refractivity contribution in [2.45, 2.75) is 33.7 Å². The van der Waals surface area contributed by atoms with Gasteiger partial charge >= 0.3 is 0 Å². The van der Waals surface area contributed by atoms with Crippen molar-refractivity contribution in [2.24, 2.45) is 5.92 Å². The molecule has 0 aliphatic carbocycles. The first-order valence-corrected chi connectivity index (χ1v) is 4.88. The van der Waals surface area contributed by atoms with Crippen molar-refractivity contribution < 1.29 is 14.4 Å². The van der Waals surface area contributed by atoms with E-state index in [9.17, 15) is 14.4 Å².